The Morgan fingerprint density at radius 3 is 2.25 bits per heavy atom. The van der Waals surface area contributed by atoms with Gasteiger partial charge in [0, 0.05) is 16.8 Å². The smallest absolute Gasteiger partial charge is 0.265 e. The minimum atomic E-state index is -0.668. The summed E-state index contributed by atoms with van der Waals surface area (Å²) in [6, 6.07) is 10.4. The van der Waals surface area contributed by atoms with E-state index in [9.17, 15) is 4.79 Å². The zero-order valence-electron chi connectivity index (χ0n) is 14.1. The maximum atomic E-state index is 12.4. The van der Waals surface area contributed by atoms with Crippen molar-refractivity contribution in [2.45, 2.75) is 20.0 Å². The molecule has 0 aromatic heterocycles. The first kappa shape index (κ1) is 17.9. The number of halogens is 1. The Hall–Kier alpha value is -2.40. The van der Waals surface area contributed by atoms with Gasteiger partial charge in [-0.05, 0) is 49.7 Å². The highest BCUT2D eigenvalue weighted by molar-refractivity contribution is 6.30. The first-order valence-electron chi connectivity index (χ1n) is 7.40. The second-order valence-corrected chi connectivity index (χ2v) is 5.66. The zero-order valence-corrected chi connectivity index (χ0v) is 14.8. The van der Waals surface area contributed by atoms with Crippen LogP contribution in [0.4, 0.5) is 5.69 Å². The van der Waals surface area contributed by atoms with Crippen LogP contribution in [0.3, 0.4) is 0 Å². The molecule has 0 heterocycles. The molecular formula is C18H20ClNO4. The molecule has 128 valence electrons. The normalized spacial score (nSPS) is 11.5. The highest BCUT2D eigenvalue weighted by atomic mass is 35.5. The van der Waals surface area contributed by atoms with Gasteiger partial charge in [0.05, 0.1) is 14.2 Å². The molecule has 0 aliphatic rings. The summed E-state index contributed by atoms with van der Waals surface area (Å²) in [4.78, 5) is 12.4. The summed E-state index contributed by atoms with van der Waals surface area (Å²) in [5.74, 6) is 1.47. The van der Waals surface area contributed by atoms with Crippen LogP contribution in [0.1, 0.15) is 12.5 Å². The lowest BCUT2D eigenvalue weighted by Gasteiger charge is -2.17. The van der Waals surface area contributed by atoms with Gasteiger partial charge in [0.2, 0.25) is 0 Å². The van der Waals surface area contributed by atoms with E-state index in [1.165, 1.54) is 0 Å². The molecule has 5 nitrogen and oxygen atoms in total. The van der Waals surface area contributed by atoms with Gasteiger partial charge in [-0.25, -0.2) is 0 Å². The fourth-order valence-corrected chi connectivity index (χ4v) is 2.25. The Morgan fingerprint density at radius 2 is 1.67 bits per heavy atom. The number of nitrogens with one attached hydrogen (secondary N) is 1. The SMILES string of the molecule is COc1cc(C)c(NC(=O)[C@@H](C)Oc2ccc(Cl)cc2)cc1OC. The molecule has 1 N–H and O–H groups in total. The Labute approximate surface area is 146 Å². The van der Waals surface area contributed by atoms with Gasteiger partial charge in [-0.1, -0.05) is 11.6 Å². The third kappa shape index (κ3) is 4.32. The van der Waals surface area contributed by atoms with E-state index in [4.69, 9.17) is 25.8 Å². The van der Waals surface area contributed by atoms with Crippen LogP contribution in [0.2, 0.25) is 5.02 Å². The summed E-state index contributed by atoms with van der Waals surface area (Å²) in [5, 5.41) is 3.45. The molecule has 1 atom stereocenters. The van der Waals surface area contributed by atoms with Crippen LogP contribution < -0.4 is 19.5 Å². The van der Waals surface area contributed by atoms with Crippen molar-refractivity contribution in [1.82, 2.24) is 0 Å². The minimum Gasteiger partial charge on any atom is -0.493 e. The second-order valence-electron chi connectivity index (χ2n) is 5.23. The lowest BCUT2D eigenvalue weighted by atomic mass is 10.1. The Kier molecular flexibility index (Phi) is 5.93. The molecule has 0 spiro atoms. The van der Waals surface area contributed by atoms with Gasteiger partial charge in [-0.15, -0.1) is 0 Å². The third-order valence-corrected chi connectivity index (χ3v) is 3.74. The monoisotopic (exact) mass is 349 g/mol. The van der Waals surface area contributed by atoms with Gasteiger partial charge in [0.25, 0.3) is 5.91 Å². The summed E-state index contributed by atoms with van der Waals surface area (Å²) < 4.78 is 16.1. The molecule has 2 aromatic carbocycles. The van der Waals surface area contributed by atoms with Crippen LogP contribution in [-0.2, 0) is 4.79 Å². The van der Waals surface area contributed by atoms with E-state index in [2.05, 4.69) is 5.32 Å². The average molecular weight is 350 g/mol. The van der Waals surface area contributed by atoms with Crippen LogP contribution in [0, 0.1) is 6.92 Å². The Bertz CT molecular complexity index is 716. The molecule has 24 heavy (non-hydrogen) atoms. The number of ether oxygens (including phenoxy) is 3. The van der Waals surface area contributed by atoms with Crippen molar-refractivity contribution < 1.29 is 19.0 Å². The number of carbonyl (C=O) groups is 1. The van der Waals surface area contributed by atoms with Crippen LogP contribution in [0.15, 0.2) is 36.4 Å². The summed E-state index contributed by atoms with van der Waals surface area (Å²) in [5.41, 5.74) is 1.50. The van der Waals surface area contributed by atoms with E-state index in [-0.39, 0.29) is 5.91 Å². The number of anilines is 1. The molecule has 0 radical (unpaired) electrons. The summed E-state index contributed by atoms with van der Waals surface area (Å²) in [6.07, 6.45) is -0.668. The van der Waals surface area contributed by atoms with Gasteiger partial charge < -0.3 is 19.5 Å². The van der Waals surface area contributed by atoms with E-state index >= 15 is 0 Å². The van der Waals surface area contributed by atoms with Crippen molar-refractivity contribution in [2.24, 2.45) is 0 Å². The lowest BCUT2D eigenvalue weighted by molar-refractivity contribution is -0.122. The van der Waals surface area contributed by atoms with Gasteiger partial charge in [-0.3, -0.25) is 4.79 Å². The number of rotatable bonds is 6. The molecule has 0 unspecified atom stereocenters. The van der Waals surface area contributed by atoms with Crippen molar-refractivity contribution in [2.75, 3.05) is 19.5 Å². The van der Waals surface area contributed by atoms with Crippen molar-refractivity contribution >= 4 is 23.2 Å². The first-order valence-corrected chi connectivity index (χ1v) is 7.78. The van der Waals surface area contributed by atoms with Gasteiger partial charge in [0.15, 0.2) is 17.6 Å². The van der Waals surface area contributed by atoms with Crippen LogP contribution in [-0.4, -0.2) is 26.2 Å². The average Bonchev–Trinajstić information content (AvgIpc) is 2.58. The second kappa shape index (κ2) is 7.93. The Morgan fingerprint density at radius 1 is 1.08 bits per heavy atom. The van der Waals surface area contributed by atoms with E-state index in [0.29, 0.717) is 28.0 Å². The van der Waals surface area contributed by atoms with E-state index in [1.807, 2.05) is 6.92 Å². The number of methoxy groups -OCH3 is 2. The van der Waals surface area contributed by atoms with Crippen LogP contribution >= 0.6 is 11.6 Å². The predicted octanol–water partition coefficient (Wildman–Crippen LogP) is 4.07. The maximum Gasteiger partial charge on any atom is 0.265 e. The van der Waals surface area contributed by atoms with E-state index < -0.39 is 6.10 Å². The van der Waals surface area contributed by atoms with Gasteiger partial charge in [0.1, 0.15) is 5.75 Å². The summed E-state index contributed by atoms with van der Waals surface area (Å²) in [6.45, 7) is 3.56. The number of hydrogen-bond acceptors (Lipinski definition) is 4. The molecule has 2 aromatic rings. The number of benzene rings is 2. The predicted molar refractivity (Wildman–Crippen MR) is 94.5 cm³/mol. The number of aryl methyl sites for hydroxylation is 1. The van der Waals surface area contributed by atoms with Gasteiger partial charge in [-0.2, -0.15) is 0 Å². The molecule has 0 bridgehead atoms. The molecule has 1 amide bonds. The molecule has 0 aliphatic heterocycles. The lowest BCUT2D eigenvalue weighted by Crippen LogP contribution is -2.30. The number of hydrogen-bond donors (Lipinski definition) is 1. The maximum absolute atomic E-state index is 12.4. The molecule has 2 rings (SSSR count). The third-order valence-electron chi connectivity index (χ3n) is 3.48. The van der Waals surface area contributed by atoms with Crippen molar-refractivity contribution in [3.63, 3.8) is 0 Å². The highest BCUT2D eigenvalue weighted by Gasteiger charge is 2.17. The van der Waals surface area contributed by atoms with Crippen molar-refractivity contribution in [1.29, 1.82) is 0 Å². The summed E-state index contributed by atoms with van der Waals surface area (Å²) in [7, 11) is 3.11. The molecule has 0 saturated heterocycles. The standard InChI is InChI=1S/C18H20ClNO4/c1-11-9-16(22-3)17(23-4)10-15(11)20-18(21)12(2)24-14-7-5-13(19)6-8-14/h5-10,12H,1-4H3,(H,20,21)/t12-/m1/s1. The van der Waals surface area contributed by atoms with E-state index in [1.54, 1.807) is 57.5 Å². The molecule has 0 aliphatic carbocycles. The molecule has 0 saturated carbocycles. The quantitative estimate of drug-likeness (QED) is 0.854. The van der Waals surface area contributed by atoms with Crippen LogP contribution in [0.25, 0.3) is 0 Å². The highest BCUT2D eigenvalue weighted by Crippen LogP contribution is 2.33. The van der Waals surface area contributed by atoms with Crippen LogP contribution in [0.5, 0.6) is 17.2 Å². The molecule has 0 fully saturated rings. The van der Waals surface area contributed by atoms with E-state index in [0.717, 1.165) is 5.56 Å². The summed E-state index contributed by atoms with van der Waals surface area (Å²) >= 11 is 5.83. The fraction of sp³-hybridized carbons (Fsp3) is 0.278. The minimum absolute atomic E-state index is 0.264. The largest absolute Gasteiger partial charge is 0.493 e. The van der Waals surface area contributed by atoms with Gasteiger partial charge >= 0.3 is 0 Å². The van der Waals surface area contributed by atoms with Crippen molar-refractivity contribution in [3.05, 3.63) is 47.0 Å². The number of carbonyl (C=O) groups excluding carboxylic acids is 1. The first-order chi connectivity index (χ1) is 11.4. The Balaban J connectivity index is 2.09. The number of amides is 1. The topological polar surface area (TPSA) is 56.8 Å². The fourth-order valence-electron chi connectivity index (χ4n) is 2.12. The zero-order chi connectivity index (χ0) is 17.7. The van der Waals surface area contributed by atoms with Crippen molar-refractivity contribution in [3.8, 4) is 17.2 Å². The molecule has 6 heteroatoms. The molecular weight excluding hydrogens is 330 g/mol.